The SMILES string of the molecule is CCOc1ccc(NC(=O)c2c[nH]c3c2-c2nn(C)cc2CCC3)cc1. The maximum Gasteiger partial charge on any atom is 0.257 e. The average Bonchev–Trinajstić information content (AvgIpc) is 3.16. The second-order valence-electron chi connectivity index (χ2n) is 6.50. The Hall–Kier alpha value is -3.02. The van der Waals surface area contributed by atoms with E-state index in [9.17, 15) is 4.79 Å². The van der Waals surface area contributed by atoms with Gasteiger partial charge < -0.3 is 15.0 Å². The zero-order chi connectivity index (χ0) is 18.1. The van der Waals surface area contributed by atoms with Crippen LogP contribution in [0.4, 0.5) is 5.69 Å². The van der Waals surface area contributed by atoms with Crippen LogP contribution in [0.1, 0.15) is 35.0 Å². The van der Waals surface area contributed by atoms with Crippen molar-refractivity contribution in [3.63, 3.8) is 0 Å². The molecule has 0 radical (unpaired) electrons. The summed E-state index contributed by atoms with van der Waals surface area (Å²) in [5, 5.41) is 7.58. The number of aryl methyl sites for hydroxylation is 3. The number of hydrogen-bond acceptors (Lipinski definition) is 3. The first kappa shape index (κ1) is 16.4. The molecule has 0 bridgehead atoms. The zero-order valence-electron chi connectivity index (χ0n) is 15.0. The Morgan fingerprint density at radius 1 is 1.31 bits per heavy atom. The van der Waals surface area contributed by atoms with Gasteiger partial charge in [0.25, 0.3) is 5.91 Å². The van der Waals surface area contributed by atoms with Gasteiger partial charge in [-0.25, -0.2) is 0 Å². The fourth-order valence-corrected chi connectivity index (χ4v) is 3.50. The molecule has 1 aliphatic rings. The average molecular weight is 350 g/mol. The molecule has 26 heavy (non-hydrogen) atoms. The molecule has 1 aromatic carbocycles. The highest BCUT2D eigenvalue weighted by atomic mass is 16.5. The van der Waals surface area contributed by atoms with Crippen LogP contribution in [0.3, 0.4) is 0 Å². The van der Waals surface area contributed by atoms with Crippen LogP contribution in [0.5, 0.6) is 5.75 Å². The van der Waals surface area contributed by atoms with Gasteiger partial charge in [-0.15, -0.1) is 0 Å². The number of aromatic amines is 1. The number of amides is 1. The molecule has 3 aromatic rings. The predicted octanol–water partition coefficient (Wildman–Crippen LogP) is 3.55. The van der Waals surface area contributed by atoms with Gasteiger partial charge >= 0.3 is 0 Å². The highest BCUT2D eigenvalue weighted by Crippen LogP contribution is 2.34. The molecular formula is C20H22N4O2. The summed E-state index contributed by atoms with van der Waals surface area (Å²) in [5.74, 6) is 0.657. The molecule has 0 fully saturated rings. The molecule has 0 aliphatic heterocycles. The van der Waals surface area contributed by atoms with Crippen molar-refractivity contribution in [2.75, 3.05) is 11.9 Å². The van der Waals surface area contributed by atoms with E-state index < -0.39 is 0 Å². The van der Waals surface area contributed by atoms with Gasteiger partial charge in [0.05, 0.1) is 17.9 Å². The summed E-state index contributed by atoms with van der Waals surface area (Å²) in [7, 11) is 1.92. The van der Waals surface area contributed by atoms with Crippen molar-refractivity contribution in [2.24, 2.45) is 7.05 Å². The van der Waals surface area contributed by atoms with Crippen molar-refractivity contribution in [3.05, 3.63) is 53.5 Å². The van der Waals surface area contributed by atoms with E-state index in [2.05, 4.69) is 15.4 Å². The van der Waals surface area contributed by atoms with Gasteiger partial charge in [-0.3, -0.25) is 9.48 Å². The van der Waals surface area contributed by atoms with Crippen LogP contribution in [0.2, 0.25) is 0 Å². The van der Waals surface area contributed by atoms with E-state index in [0.29, 0.717) is 12.2 Å². The van der Waals surface area contributed by atoms with E-state index in [1.807, 2.05) is 49.1 Å². The molecule has 134 valence electrons. The van der Waals surface area contributed by atoms with E-state index >= 15 is 0 Å². The number of hydrogen-bond donors (Lipinski definition) is 2. The molecule has 6 heteroatoms. The summed E-state index contributed by atoms with van der Waals surface area (Å²) in [6.07, 6.45) is 6.79. The van der Waals surface area contributed by atoms with E-state index in [0.717, 1.165) is 47.7 Å². The summed E-state index contributed by atoms with van der Waals surface area (Å²) in [6.45, 7) is 2.56. The number of rotatable bonds is 4. The third kappa shape index (κ3) is 2.98. The van der Waals surface area contributed by atoms with Gasteiger partial charge in [0, 0.05) is 36.4 Å². The summed E-state index contributed by atoms with van der Waals surface area (Å²) < 4.78 is 7.26. The van der Waals surface area contributed by atoms with Gasteiger partial charge in [0.1, 0.15) is 5.75 Å². The molecule has 1 amide bonds. The highest BCUT2D eigenvalue weighted by Gasteiger charge is 2.25. The quantitative estimate of drug-likeness (QED) is 0.756. The number of nitrogens with zero attached hydrogens (tertiary/aromatic N) is 2. The van der Waals surface area contributed by atoms with Crippen LogP contribution in [0.15, 0.2) is 36.7 Å². The van der Waals surface area contributed by atoms with Crippen LogP contribution >= 0.6 is 0 Å². The van der Waals surface area contributed by atoms with Crippen LogP contribution in [0.25, 0.3) is 11.3 Å². The first-order valence-corrected chi connectivity index (χ1v) is 8.93. The lowest BCUT2D eigenvalue weighted by molar-refractivity contribution is 0.102. The van der Waals surface area contributed by atoms with Gasteiger partial charge in [0.15, 0.2) is 0 Å². The number of fused-ring (bicyclic) bond motifs is 3. The molecule has 2 heterocycles. The fraction of sp³-hybridized carbons (Fsp3) is 0.300. The van der Waals surface area contributed by atoms with Crippen molar-refractivity contribution >= 4 is 11.6 Å². The summed E-state index contributed by atoms with van der Waals surface area (Å²) in [5.41, 5.74) is 5.50. The minimum atomic E-state index is -0.134. The normalized spacial score (nSPS) is 12.8. The Balaban J connectivity index is 1.63. The lowest BCUT2D eigenvalue weighted by Gasteiger charge is -2.08. The Bertz CT molecular complexity index is 937. The molecule has 0 unspecified atom stereocenters. The third-order valence-corrected chi connectivity index (χ3v) is 4.64. The molecule has 2 aromatic heterocycles. The second-order valence-corrected chi connectivity index (χ2v) is 6.50. The predicted molar refractivity (Wildman–Crippen MR) is 101 cm³/mol. The number of anilines is 1. The summed E-state index contributed by atoms with van der Waals surface area (Å²) >= 11 is 0. The van der Waals surface area contributed by atoms with Crippen LogP contribution < -0.4 is 10.1 Å². The number of H-pyrrole nitrogens is 1. The Labute approximate surface area is 152 Å². The topological polar surface area (TPSA) is 71.9 Å². The molecule has 1 aliphatic carbocycles. The van der Waals surface area contributed by atoms with E-state index in [4.69, 9.17) is 4.74 Å². The molecule has 6 nitrogen and oxygen atoms in total. The molecule has 0 saturated heterocycles. The highest BCUT2D eigenvalue weighted by molar-refractivity contribution is 6.09. The number of carbonyl (C=O) groups is 1. The molecule has 4 rings (SSSR count). The standard InChI is InChI=1S/C20H22N4O2/c1-3-26-15-9-7-14(8-10-15)22-20(25)16-11-21-17-6-4-5-13-12-24(2)23-19(13)18(16)17/h7-12,21H,3-6H2,1-2H3,(H,22,25). The van der Waals surface area contributed by atoms with Gasteiger partial charge in [-0.1, -0.05) is 0 Å². The minimum absolute atomic E-state index is 0.134. The molecule has 2 N–H and O–H groups in total. The van der Waals surface area contributed by atoms with E-state index in [1.54, 1.807) is 6.20 Å². The smallest absolute Gasteiger partial charge is 0.257 e. The van der Waals surface area contributed by atoms with E-state index in [-0.39, 0.29) is 5.91 Å². The first-order valence-electron chi connectivity index (χ1n) is 8.93. The van der Waals surface area contributed by atoms with Crippen LogP contribution in [0, 0.1) is 0 Å². The van der Waals surface area contributed by atoms with Crippen molar-refractivity contribution in [2.45, 2.75) is 26.2 Å². The minimum Gasteiger partial charge on any atom is -0.494 e. The van der Waals surface area contributed by atoms with Crippen LogP contribution in [-0.4, -0.2) is 27.3 Å². The summed E-state index contributed by atoms with van der Waals surface area (Å²) in [6, 6.07) is 7.40. The molecule has 0 saturated carbocycles. The largest absolute Gasteiger partial charge is 0.494 e. The lowest BCUT2D eigenvalue weighted by atomic mass is 10.0. The van der Waals surface area contributed by atoms with Crippen molar-refractivity contribution in [1.82, 2.24) is 14.8 Å². The van der Waals surface area contributed by atoms with Crippen molar-refractivity contribution < 1.29 is 9.53 Å². The molecule has 0 atom stereocenters. The Kier molecular flexibility index (Phi) is 4.24. The monoisotopic (exact) mass is 350 g/mol. The number of ether oxygens (including phenoxy) is 1. The van der Waals surface area contributed by atoms with Crippen molar-refractivity contribution in [1.29, 1.82) is 0 Å². The van der Waals surface area contributed by atoms with E-state index in [1.165, 1.54) is 5.56 Å². The van der Waals surface area contributed by atoms with Gasteiger partial charge in [-0.2, -0.15) is 5.10 Å². The third-order valence-electron chi connectivity index (χ3n) is 4.64. The second kappa shape index (κ2) is 6.71. The first-order chi connectivity index (χ1) is 12.7. The molecule has 0 spiro atoms. The number of aromatic nitrogens is 3. The molecular weight excluding hydrogens is 328 g/mol. The maximum absolute atomic E-state index is 12.9. The number of nitrogens with one attached hydrogen (secondary N) is 2. The number of benzene rings is 1. The van der Waals surface area contributed by atoms with Gasteiger partial charge in [-0.05, 0) is 56.0 Å². The summed E-state index contributed by atoms with van der Waals surface area (Å²) in [4.78, 5) is 16.2. The lowest BCUT2D eigenvalue weighted by Crippen LogP contribution is -2.12. The fourth-order valence-electron chi connectivity index (χ4n) is 3.50. The Morgan fingerprint density at radius 2 is 2.12 bits per heavy atom. The number of carbonyl (C=O) groups excluding carboxylic acids is 1. The van der Waals surface area contributed by atoms with Gasteiger partial charge in [0.2, 0.25) is 0 Å². The zero-order valence-corrected chi connectivity index (χ0v) is 15.0. The van der Waals surface area contributed by atoms with Crippen LogP contribution in [-0.2, 0) is 19.9 Å². The Morgan fingerprint density at radius 3 is 2.88 bits per heavy atom. The van der Waals surface area contributed by atoms with Crippen molar-refractivity contribution in [3.8, 4) is 17.0 Å². The maximum atomic E-state index is 12.9.